The average molecular weight is 454 g/mol. The predicted octanol–water partition coefficient (Wildman–Crippen LogP) is 5.10. The fourth-order valence-electron chi connectivity index (χ4n) is 3.18. The summed E-state index contributed by atoms with van der Waals surface area (Å²) in [5, 5.41) is 16.0. The normalized spacial score (nSPS) is 11.0. The highest BCUT2D eigenvalue weighted by atomic mass is 32.2. The van der Waals surface area contributed by atoms with E-state index in [0.717, 1.165) is 38.4 Å². The molecule has 31 heavy (non-hydrogen) atoms. The second-order valence-corrected chi connectivity index (χ2v) is 8.70. The SMILES string of the molecule is CCOc1ccc(-c2nc(CSc3nnnn3-c3ccc(C)cc3C)cs2)cc1OC. The molecule has 0 aliphatic carbocycles. The summed E-state index contributed by atoms with van der Waals surface area (Å²) in [7, 11) is 1.64. The molecule has 160 valence electrons. The maximum absolute atomic E-state index is 5.60. The van der Waals surface area contributed by atoms with Crippen LogP contribution < -0.4 is 9.47 Å². The Morgan fingerprint density at radius 2 is 1.97 bits per heavy atom. The highest BCUT2D eigenvalue weighted by Crippen LogP contribution is 2.34. The first kappa shape index (κ1) is 21.3. The van der Waals surface area contributed by atoms with Crippen molar-refractivity contribution >= 4 is 23.1 Å². The van der Waals surface area contributed by atoms with E-state index >= 15 is 0 Å². The molecule has 0 aliphatic rings. The van der Waals surface area contributed by atoms with Gasteiger partial charge in [0, 0.05) is 16.7 Å². The van der Waals surface area contributed by atoms with Crippen molar-refractivity contribution in [3.63, 3.8) is 0 Å². The first-order valence-corrected chi connectivity index (χ1v) is 11.7. The Labute approximate surface area is 189 Å². The van der Waals surface area contributed by atoms with E-state index in [4.69, 9.17) is 14.5 Å². The number of rotatable bonds is 8. The number of benzene rings is 2. The van der Waals surface area contributed by atoms with E-state index in [-0.39, 0.29) is 0 Å². The summed E-state index contributed by atoms with van der Waals surface area (Å²) < 4.78 is 12.8. The van der Waals surface area contributed by atoms with Gasteiger partial charge in [0.05, 0.1) is 25.1 Å². The number of tetrazole rings is 1. The molecule has 9 heteroatoms. The van der Waals surface area contributed by atoms with Crippen LogP contribution in [-0.2, 0) is 5.75 Å². The number of aryl methyl sites for hydroxylation is 2. The molecule has 0 N–H and O–H groups in total. The monoisotopic (exact) mass is 453 g/mol. The van der Waals surface area contributed by atoms with Crippen LogP contribution in [0.1, 0.15) is 23.7 Å². The molecule has 4 rings (SSSR count). The van der Waals surface area contributed by atoms with Gasteiger partial charge >= 0.3 is 0 Å². The van der Waals surface area contributed by atoms with Crippen molar-refractivity contribution in [2.24, 2.45) is 0 Å². The summed E-state index contributed by atoms with van der Waals surface area (Å²) in [6.45, 7) is 6.69. The lowest BCUT2D eigenvalue weighted by Crippen LogP contribution is -2.02. The molecule has 0 fully saturated rings. The van der Waals surface area contributed by atoms with Gasteiger partial charge in [-0.05, 0) is 61.0 Å². The summed E-state index contributed by atoms with van der Waals surface area (Å²) in [5.41, 5.74) is 5.31. The Balaban J connectivity index is 1.49. The van der Waals surface area contributed by atoms with Gasteiger partial charge in [-0.3, -0.25) is 0 Å². The fraction of sp³-hybridized carbons (Fsp3) is 0.273. The maximum Gasteiger partial charge on any atom is 0.214 e. The van der Waals surface area contributed by atoms with Crippen LogP contribution in [0.3, 0.4) is 0 Å². The molecule has 0 radical (unpaired) electrons. The van der Waals surface area contributed by atoms with Gasteiger partial charge in [-0.15, -0.1) is 16.4 Å². The third-order valence-corrected chi connectivity index (χ3v) is 6.53. The van der Waals surface area contributed by atoms with E-state index < -0.39 is 0 Å². The van der Waals surface area contributed by atoms with Gasteiger partial charge < -0.3 is 9.47 Å². The van der Waals surface area contributed by atoms with Crippen molar-refractivity contribution in [1.82, 2.24) is 25.2 Å². The van der Waals surface area contributed by atoms with Crippen molar-refractivity contribution in [3.8, 4) is 27.8 Å². The van der Waals surface area contributed by atoms with E-state index in [1.165, 1.54) is 5.56 Å². The van der Waals surface area contributed by atoms with E-state index in [2.05, 4.69) is 46.9 Å². The highest BCUT2D eigenvalue weighted by Gasteiger charge is 2.14. The first-order chi connectivity index (χ1) is 15.1. The van der Waals surface area contributed by atoms with Gasteiger partial charge in [0.1, 0.15) is 5.01 Å². The van der Waals surface area contributed by atoms with Crippen LogP contribution in [0.4, 0.5) is 0 Å². The van der Waals surface area contributed by atoms with Gasteiger partial charge in [0.25, 0.3) is 0 Å². The van der Waals surface area contributed by atoms with Crippen molar-refractivity contribution in [3.05, 3.63) is 58.6 Å². The molecule has 0 saturated carbocycles. The summed E-state index contributed by atoms with van der Waals surface area (Å²) in [6, 6.07) is 12.1. The zero-order valence-electron chi connectivity index (χ0n) is 17.8. The van der Waals surface area contributed by atoms with Crippen molar-refractivity contribution in [2.75, 3.05) is 13.7 Å². The second-order valence-electron chi connectivity index (χ2n) is 6.89. The topological polar surface area (TPSA) is 75.0 Å². The molecule has 2 aromatic carbocycles. The number of methoxy groups -OCH3 is 1. The van der Waals surface area contributed by atoms with Crippen LogP contribution in [-0.4, -0.2) is 38.9 Å². The zero-order valence-corrected chi connectivity index (χ0v) is 19.5. The molecule has 2 aromatic heterocycles. The molecule has 0 unspecified atom stereocenters. The second kappa shape index (κ2) is 9.49. The minimum Gasteiger partial charge on any atom is -0.493 e. The molecular weight excluding hydrogens is 430 g/mol. The van der Waals surface area contributed by atoms with Crippen LogP contribution in [0.25, 0.3) is 16.3 Å². The zero-order chi connectivity index (χ0) is 21.8. The number of thioether (sulfide) groups is 1. The lowest BCUT2D eigenvalue weighted by molar-refractivity contribution is 0.311. The Morgan fingerprint density at radius 1 is 1.10 bits per heavy atom. The number of thiazole rings is 1. The van der Waals surface area contributed by atoms with E-state index in [1.54, 1.807) is 34.9 Å². The Morgan fingerprint density at radius 3 is 2.74 bits per heavy atom. The van der Waals surface area contributed by atoms with Crippen LogP contribution >= 0.6 is 23.1 Å². The highest BCUT2D eigenvalue weighted by molar-refractivity contribution is 7.98. The lowest BCUT2D eigenvalue weighted by Gasteiger charge is -2.10. The van der Waals surface area contributed by atoms with E-state index in [0.29, 0.717) is 18.1 Å². The quantitative estimate of drug-likeness (QED) is 0.344. The molecular formula is C22H23N5O2S2. The third-order valence-electron chi connectivity index (χ3n) is 4.63. The minimum absolute atomic E-state index is 0.593. The number of hydrogen-bond acceptors (Lipinski definition) is 8. The molecule has 0 spiro atoms. The fourth-order valence-corrected chi connectivity index (χ4v) is 4.88. The Kier molecular flexibility index (Phi) is 6.53. The van der Waals surface area contributed by atoms with Gasteiger partial charge in [-0.25, -0.2) is 4.98 Å². The Hall–Kier alpha value is -2.91. The summed E-state index contributed by atoms with van der Waals surface area (Å²) in [4.78, 5) is 4.79. The summed E-state index contributed by atoms with van der Waals surface area (Å²) >= 11 is 3.17. The van der Waals surface area contributed by atoms with E-state index in [9.17, 15) is 0 Å². The minimum atomic E-state index is 0.593. The number of nitrogens with zero attached hydrogens (tertiary/aromatic N) is 5. The van der Waals surface area contributed by atoms with Crippen LogP contribution in [0.5, 0.6) is 11.5 Å². The molecule has 4 aromatic rings. The van der Waals surface area contributed by atoms with Crippen molar-refractivity contribution in [2.45, 2.75) is 31.7 Å². The van der Waals surface area contributed by atoms with Crippen LogP contribution in [0.2, 0.25) is 0 Å². The third kappa shape index (κ3) is 4.72. The van der Waals surface area contributed by atoms with Crippen molar-refractivity contribution in [1.29, 1.82) is 0 Å². The molecule has 7 nitrogen and oxygen atoms in total. The molecule has 0 aliphatic heterocycles. The van der Waals surface area contributed by atoms with E-state index in [1.807, 2.05) is 31.2 Å². The van der Waals surface area contributed by atoms with Crippen LogP contribution in [0, 0.1) is 13.8 Å². The number of ether oxygens (including phenoxy) is 2. The molecule has 0 bridgehead atoms. The molecule has 2 heterocycles. The smallest absolute Gasteiger partial charge is 0.214 e. The van der Waals surface area contributed by atoms with Crippen LogP contribution in [0.15, 0.2) is 46.9 Å². The Bertz CT molecular complexity index is 1190. The first-order valence-electron chi connectivity index (χ1n) is 9.83. The predicted molar refractivity (Wildman–Crippen MR) is 123 cm³/mol. The molecule has 0 amide bonds. The standard InChI is InChI=1S/C22H23N5O2S2/c1-5-29-19-9-7-16(11-20(19)28-4)21-23-17(12-30-21)13-31-22-24-25-26-27(22)18-8-6-14(2)10-15(18)3/h6-12H,5,13H2,1-4H3. The van der Waals surface area contributed by atoms with Gasteiger partial charge in [-0.1, -0.05) is 29.5 Å². The maximum atomic E-state index is 5.60. The summed E-state index contributed by atoms with van der Waals surface area (Å²) in [5.74, 6) is 2.12. The lowest BCUT2D eigenvalue weighted by atomic mass is 10.1. The molecule has 0 saturated heterocycles. The largest absolute Gasteiger partial charge is 0.493 e. The number of hydrogen-bond donors (Lipinski definition) is 0. The van der Waals surface area contributed by atoms with Gasteiger partial charge in [0.15, 0.2) is 11.5 Å². The van der Waals surface area contributed by atoms with Crippen molar-refractivity contribution < 1.29 is 9.47 Å². The molecule has 0 atom stereocenters. The average Bonchev–Trinajstić information content (AvgIpc) is 3.42. The number of aromatic nitrogens is 5. The van der Waals surface area contributed by atoms with Gasteiger partial charge in [-0.2, -0.15) is 4.68 Å². The summed E-state index contributed by atoms with van der Waals surface area (Å²) in [6.07, 6.45) is 0. The van der Waals surface area contributed by atoms with Gasteiger partial charge in [0.2, 0.25) is 5.16 Å².